The molecule has 2 rings (SSSR count). The maximum atomic E-state index is 12.0. The summed E-state index contributed by atoms with van der Waals surface area (Å²) < 4.78 is 0.786. The van der Waals surface area contributed by atoms with Crippen molar-refractivity contribution in [1.82, 2.24) is 0 Å². The van der Waals surface area contributed by atoms with Gasteiger partial charge >= 0.3 is 0 Å². The number of carbonyl (C=O) groups is 2. The zero-order valence-electron chi connectivity index (χ0n) is 9.97. The summed E-state index contributed by atoms with van der Waals surface area (Å²) in [7, 11) is 0. The summed E-state index contributed by atoms with van der Waals surface area (Å²) in [5, 5.41) is 9.57. The first kappa shape index (κ1) is 13.5. The average Bonchev–Trinajstić information content (AvgIpc) is 2.39. The Hall–Kier alpha value is -1.94. The molecule has 1 N–H and O–H groups in total. The van der Waals surface area contributed by atoms with E-state index in [1.165, 1.54) is 12.1 Å². The smallest absolute Gasteiger partial charge is 0.174 e. The van der Waals surface area contributed by atoms with Gasteiger partial charge in [0.2, 0.25) is 0 Å². The van der Waals surface area contributed by atoms with Crippen molar-refractivity contribution in [3.05, 3.63) is 64.1 Å². The monoisotopic (exact) mass is 318 g/mol. The zero-order chi connectivity index (χ0) is 13.8. The van der Waals surface area contributed by atoms with Gasteiger partial charge in [-0.2, -0.15) is 0 Å². The van der Waals surface area contributed by atoms with Crippen LogP contribution in [-0.2, 0) is 0 Å². The third kappa shape index (κ3) is 3.29. The Morgan fingerprint density at radius 2 is 1.74 bits per heavy atom. The molecule has 2 aromatic carbocycles. The minimum absolute atomic E-state index is 0.102. The van der Waals surface area contributed by atoms with Crippen LogP contribution in [0.2, 0.25) is 0 Å². The van der Waals surface area contributed by atoms with Gasteiger partial charge in [0, 0.05) is 10.0 Å². The molecule has 0 spiro atoms. The van der Waals surface area contributed by atoms with Gasteiger partial charge in [0.05, 0.1) is 12.0 Å². The predicted molar refractivity (Wildman–Crippen MR) is 75.5 cm³/mol. The number of hydrogen-bond donors (Lipinski definition) is 1. The Bertz CT molecular complexity index is 635. The molecule has 0 amide bonds. The second-order valence-corrected chi connectivity index (χ2v) is 4.97. The van der Waals surface area contributed by atoms with Crippen molar-refractivity contribution in [3.63, 3.8) is 0 Å². The maximum Gasteiger partial charge on any atom is 0.174 e. The van der Waals surface area contributed by atoms with E-state index in [4.69, 9.17) is 0 Å². The molecule has 96 valence electrons. The van der Waals surface area contributed by atoms with Gasteiger partial charge in [0.1, 0.15) is 5.75 Å². The molecule has 0 aliphatic rings. The first-order valence-electron chi connectivity index (χ1n) is 5.68. The number of phenolic OH excluding ortho intramolecular Hbond substituents is 1. The molecule has 0 fully saturated rings. The van der Waals surface area contributed by atoms with Crippen LogP contribution < -0.4 is 0 Å². The molecule has 0 aromatic heterocycles. The van der Waals surface area contributed by atoms with Crippen LogP contribution in [0.1, 0.15) is 27.1 Å². The zero-order valence-corrected chi connectivity index (χ0v) is 11.6. The maximum absolute atomic E-state index is 12.0. The van der Waals surface area contributed by atoms with Crippen LogP contribution in [0.4, 0.5) is 0 Å². The van der Waals surface area contributed by atoms with Crippen LogP contribution in [-0.4, -0.2) is 16.7 Å². The lowest BCUT2D eigenvalue weighted by atomic mass is 10.0. The Kier molecular flexibility index (Phi) is 4.12. The Balaban J connectivity index is 2.16. The standard InChI is InChI=1S/C15H11BrO3/c16-11-5-3-4-10(8-11)14(18)9-15(19)12-6-1-2-7-13(12)17/h1-8,17H,9H2. The second-order valence-electron chi connectivity index (χ2n) is 4.05. The summed E-state index contributed by atoms with van der Waals surface area (Å²) >= 11 is 3.28. The van der Waals surface area contributed by atoms with E-state index in [1.807, 2.05) is 6.07 Å². The van der Waals surface area contributed by atoms with Crippen molar-refractivity contribution in [3.8, 4) is 5.75 Å². The summed E-state index contributed by atoms with van der Waals surface area (Å²) in [5.74, 6) is -0.757. The molecule has 0 bridgehead atoms. The number of para-hydroxylation sites is 1. The number of benzene rings is 2. The van der Waals surface area contributed by atoms with E-state index >= 15 is 0 Å². The quantitative estimate of drug-likeness (QED) is 0.692. The van der Waals surface area contributed by atoms with E-state index in [1.54, 1.807) is 30.3 Å². The van der Waals surface area contributed by atoms with E-state index in [0.717, 1.165) is 4.47 Å². The third-order valence-electron chi connectivity index (χ3n) is 2.67. The lowest BCUT2D eigenvalue weighted by Gasteiger charge is -2.03. The Morgan fingerprint density at radius 1 is 1.00 bits per heavy atom. The molecular weight excluding hydrogens is 308 g/mol. The molecular formula is C15H11BrO3. The molecule has 0 atom stereocenters. The Morgan fingerprint density at radius 3 is 2.42 bits per heavy atom. The first-order valence-corrected chi connectivity index (χ1v) is 6.47. The number of aromatic hydroxyl groups is 1. The highest BCUT2D eigenvalue weighted by Gasteiger charge is 2.16. The minimum atomic E-state index is -0.386. The van der Waals surface area contributed by atoms with Gasteiger partial charge in [-0.05, 0) is 24.3 Å². The summed E-state index contributed by atoms with van der Waals surface area (Å²) in [5.41, 5.74) is 0.643. The van der Waals surface area contributed by atoms with E-state index < -0.39 is 0 Å². The summed E-state index contributed by atoms with van der Waals surface area (Å²) in [6.07, 6.45) is -0.256. The second kappa shape index (κ2) is 5.80. The fourth-order valence-electron chi connectivity index (χ4n) is 1.71. The SMILES string of the molecule is O=C(CC(=O)c1ccccc1O)c1cccc(Br)c1. The minimum Gasteiger partial charge on any atom is -0.507 e. The largest absolute Gasteiger partial charge is 0.507 e. The van der Waals surface area contributed by atoms with Crippen LogP contribution in [0, 0.1) is 0 Å². The van der Waals surface area contributed by atoms with Crippen LogP contribution in [0.25, 0.3) is 0 Å². The number of halogens is 1. The predicted octanol–water partition coefficient (Wildman–Crippen LogP) is 3.61. The van der Waals surface area contributed by atoms with E-state index in [2.05, 4.69) is 15.9 Å². The number of Topliss-reactive ketones (excluding diaryl/α,β-unsaturated/α-hetero) is 2. The lowest BCUT2D eigenvalue weighted by Crippen LogP contribution is -2.08. The van der Waals surface area contributed by atoms with Gasteiger partial charge in [-0.3, -0.25) is 9.59 Å². The molecule has 0 radical (unpaired) electrons. The third-order valence-corrected chi connectivity index (χ3v) is 3.17. The van der Waals surface area contributed by atoms with E-state index in [-0.39, 0.29) is 29.3 Å². The molecule has 0 unspecified atom stereocenters. The fraction of sp³-hybridized carbons (Fsp3) is 0.0667. The van der Waals surface area contributed by atoms with Crippen molar-refractivity contribution >= 4 is 27.5 Å². The highest BCUT2D eigenvalue weighted by Crippen LogP contribution is 2.19. The molecule has 0 saturated heterocycles. The first-order chi connectivity index (χ1) is 9.08. The van der Waals surface area contributed by atoms with Gasteiger partial charge in [-0.15, -0.1) is 0 Å². The molecule has 0 aliphatic carbocycles. The topological polar surface area (TPSA) is 54.4 Å². The highest BCUT2D eigenvalue weighted by atomic mass is 79.9. The van der Waals surface area contributed by atoms with Crippen LogP contribution in [0.3, 0.4) is 0 Å². The number of phenols is 1. The fourth-order valence-corrected chi connectivity index (χ4v) is 2.11. The van der Waals surface area contributed by atoms with Crippen LogP contribution in [0.15, 0.2) is 53.0 Å². The van der Waals surface area contributed by atoms with Gasteiger partial charge in [-0.25, -0.2) is 0 Å². The van der Waals surface area contributed by atoms with E-state index in [0.29, 0.717) is 5.56 Å². The normalized spacial score (nSPS) is 10.2. The van der Waals surface area contributed by atoms with Gasteiger partial charge < -0.3 is 5.11 Å². The number of rotatable bonds is 4. The van der Waals surface area contributed by atoms with Gasteiger partial charge in [-0.1, -0.05) is 40.2 Å². The molecule has 0 heterocycles. The number of ketones is 2. The lowest BCUT2D eigenvalue weighted by molar-refractivity contribution is 0.0893. The van der Waals surface area contributed by atoms with E-state index in [9.17, 15) is 14.7 Å². The molecule has 4 heteroatoms. The molecule has 0 saturated carbocycles. The number of hydrogen-bond acceptors (Lipinski definition) is 3. The molecule has 0 aliphatic heterocycles. The van der Waals surface area contributed by atoms with Crippen molar-refractivity contribution in [1.29, 1.82) is 0 Å². The number of carbonyl (C=O) groups excluding carboxylic acids is 2. The van der Waals surface area contributed by atoms with Crippen molar-refractivity contribution < 1.29 is 14.7 Å². The van der Waals surface area contributed by atoms with Crippen molar-refractivity contribution in [2.75, 3.05) is 0 Å². The molecule has 2 aromatic rings. The summed E-state index contributed by atoms with van der Waals surface area (Å²) in [6, 6.07) is 13.1. The average molecular weight is 319 g/mol. The van der Waals surface area contributed by atoms with Crippen molar-refractivity contribution in [2.24, 2.45) is 0 Å². The van der Waals surface area contributed by atoms with Gasteiger partial charge in [0.15, 0.2) is 11.6 Å². The van der Waals surface area contributed by atoms with Gasteiger partial charge in [0.25, 0.3) is 0 Å². The highest BCUT2D eigenvalue weighted by molar-refractivity contribution is 9.10. The summed E-state index contributed by atoms with van der Waals surface area (Å²) in [6.45, 7) is 0. The van der Waals surface area contributed by atoms with Crippen LogP contribution >= 0.6 is 15.9 Å². The summed E-state index contributed by atoms with van der Waals surface area (Å²) in [4.78, 5) is 23.9. The molecule has 19 heavy (non-hydrogen) atoms. The van der Waals surface area contributed by atoms with Crippen LogP contribution in [0.5, 0.6) is 5.75 Å². The molecule has 3 nitrogen and oxygen atoms in total. The van der Waals surface area contributed by atoms with Crippen molar-refractivity contribution in [2.45, 2.75) is 6.42 Å². The Labute approximate surface area is 119 Å².